The first kappa shape index (κ1) is 8.52. The molecule has 2 rings (SSSR count). The van der Waals surface area contributed by atoms with Crippen molar-refractivity contribution in [1.82, 2.24) is 4.90 Å². The molecule has 2 fully saturated rings. The Morgan fingerprint density at radius 1 is 1.33 bits per heavy atom. The monoisotopic (exact) mass is 169 g/mol. The second-order valence-corrected chi connectivity index (χ2v) is 4.58. The van der Waals surface area contributed by atoms with Crippen LogP contribution in [-0.4, -0.2) is 34.7 Å². The normalized spacial score (nSPS) is 42.5. The van der Waals surface area contributed by atoms with E-state index in [1.54, 1.807) is 0 Å². The molecule has 2 heteroatoms. The predicted octanol–water partition coefficient (Wildman–Crippen LogP) is 1.24. The summed E-state index contributed by atoms with van der Waals surface area (Å²) in [5.41, 5.74) is 0. The van der Waals surface area contributed by atoms with Crippen LogP contribution in [-0.2, 0) is 0 Å². The van der Waals surface area contributed by atoms with Gasteiger partial charge in [-0.2, -0.15) is 0 Å². The van der Waals surface area contributed by atoms with E-state index in [0.717, 1.165) is 19.0 Å². The van der Waals surface area contributed by atoms with Crippen LogP contribution in [0.15, 0.2) is 0 Å². The molecule has 0 spiro atoms. The lowest BCUT2D eigenvalue weighted by molar-refractivity contribution is 0.0892. The highest BCUT2D eigenvalue weighted by atomic mass is 16.3. The Balaban J connectivity index is 2.05. The Labute approximate surface area is 74.6 Å². The number of fused-ring (bicyclic) bond motifs is 2. The third-order valence-corrected chi connectivity index (χ3v) is 3.49. The average molecular weight is 169 g/mol. The van der Waals surface area contributed by atoms with E-state index in [4.69, 9.17) is 0 Å². The molecule has 3 atom stereocenters. The number of likely N-dealkylation sites (tertiary alicyclic amines) is 1. The van der Waals surface area contributed by atoms with E-state index in [-0.39, 0.29) is 6.10 Å². The first-order valence-electron chi connectivity index (χ1n) is 5.12. The van der Waals surface area contributed by atoms with Gasteiger partial charge in [-0.3, -0.25) is 4.90 Å². The molecule has 2 nitrogen and oxygen atoms in total. The maximum atomic E-state index is 9.67. The largest absolute Gasteiger partial charge is 0.393 e. The van der Waals surface area contributed by atoms with E-state index < -0.39 is 0 Å². The van der Waals surface area contributed by atoms with Gasteiger partial charge in [-0.25, -0.2) is 0 Å². The average Bonchev–Trinajstić information content (AvgIpc) is 2.37. The molecule has 1 N–H and O–H groups in total. The number of hydrogen-bond acceptors (Lipinski definition) is 2. The van der Waals surface area contributed by atoms with Gasteiger partial charge in [0.1, 0.15) is 0 Å². The summed E-state index contributed by atoms with van der Waals surface area (Å²) >= 11 is 0. The van der Waals surface area contributed by atoms with Crippen molar-refractivity contribution >= 4 is 0 Å². The Kier molecular flexibility index (Phi) is 2.13. The fourth-order valence-electron chi connectivity index (χ4n) is 2.77. The van der Waals surface area contributed by atoms with Crippen LogP contribution in [0.1, 0.15) is 33.1 Å². The quantitative estimate of drug-likeness (QED) is 0.638. The van der Waals surface area contributed by atoms with Crippen molar-refractivity contribution in [3.63, 3.8) is 0 Å². The second-order valence-electron chi connectivity index (χ2n) is 4.58. The summed E-state index contributed by atoms with van der Waals surface area (Å²) in [7, 11) is 0. The molecule has 0 radical (unpaired) electrons. The van der Waals surface area contributed by atoms with Crippen LogP contribution in [0.2, 0.25) is 0 Å². The standard InChI is InChI=1S/C10H19NO/c1-7(2)11-6-8-5-9(11)3-4-10(8)12/h7-10,12H,3-6H2,1-2H3. The minimum Gasteiger partial charge on any atom is -0.393 e. The highest BCUT2D eigenvalue weighted by Crippen LogP contribution is 2.36. The minimum atomic E-state index is -0.00926. The van der Waals surface area contributed by atoms with E-state index in [1.165, 1.54) is 12.8 Å². The molecule has 12 heavy (non-hydrogen) atoms. The van der Waals surface area contributed by atoms with Crippen LogP contribution < -0.4 is 0 Å². The maximum absolute atomic E-state index is 9.67. The molecule has 0 aromatic rings. The first-order chi connectivity index (χ1) is 5.68. The molecule has 0 aromatic heterocycles. The van der Waals surface area contributed by atoms with Gasteiger partial charge in [0.25, 0.3) is 0 Å². The van der Waals surface area contributed by atoms with E-state index in [2.05, 4.69) is 18.7 Å². The second kappa shape index (κ2) is 3.00. The Morgan fingerprint density at radius 2 is 2.08 bits per heavy atom. The van der Waals surface area contributed by atoms with Crippen LogP contribution in [0.5, 0.6) is 0 Å². The summed E-state index contributed by atoms with van der Waals surface area (Å²) in [6.45, 7) is 5.64. The molecular weight excluding hydrogens is 150 g/mol. The minimum absolute atomic E-state index is 0.00926. The van der Waals surface area contributed by atoms with E-state index in [9.17, 15) is 5.11 Å². The van der Waals surface area contributed by atoms with Crippen LogP contribution in [0.4, 0.5) is 0 Å². The smallest absolute Gasteiger partial charge is 0.0581 e. The van der Waals surface area contributed by atoms with Crippen molar-refractivity contribution in [1.29, 1.82) is 0 Å². The Bertz CT molecular complexity index is 169. The molecule has 1 aliphatic heterocycles. The highest BCUT2D eigenvalue weighted by Gasteiger charge is 2.40. The Morgan fingerprint density at radius 3 is 2.67 bits per heavy atom. The molecule has 1 aliphatic carbocycles. The van der Waals surface area contributed by atoms with Crippen LogP contribution >= 0.6 is 0 Å². The zero-order valence-electron chi connectivity index (χ0n) is 8.03. The number of aliphatic hydroxyl groups is 1. The van der Waals surface area contributed by atoms with E-state index in [1.807, 2.05) is 0 Å². The molecule has 70 valence electrons. The zero-order valence-corrected chi connectivity index (χ0v) is 8.03. The molecule has 0 aromatic carbocycles. The highest BCUT2D eigenvalue weighted by molar-refractivity contribution is 4.94. The van der Waals surface area contributed by atoms with Gasteiger partial charge >= 0.3 is 0 Å². The Hall–Kier alpha value is -0.0800. The van der Waals surface area contributed by atoms with Gasteiger partial charge in [-0.05, 0) is 39.0 Å². The third kappa shape index (κ3) is 1.27. The summed E-state index contributed by atoms with van der Waals surface area (Å²) in [4.78, 5) is 2.56. The van der Waals surface area contributed by atoms with Gasteiger partial charge in [0, 0.05) is 18.6 Å². The number of aliphatic hydroxyl groups excluding tert-OH is 1. The van der Waals surface area contributed by atoms with Gasteiger partial charge in [0.2, 0.25) is 0 Å². The lowest BCUT2D eigenvalue weighted by Crippen LogP contribution is -2.35. The van der Waals surface area contributed by atoms with Crippen LogP contribution in [0, 0.1) is 5.92 Å². The van der Waals surface area contributed by atoms with Crippen LogP contribution in [0.3, 0.4) is 0 Å². The SMILES string of the molecule is CC(C)N1CC2CC1CCC2O. The molecule has 2 bridgehead atoms. The number of hydrogen-bond donors (Lipinski definition) is 1. The maximum Gasteiger partial charge on any atom is 0.0581 e. The van der Waals surface area contributed by atoms with Gasteiger partial charge in [0.05, 0.1) is 6.10 Å². The summed E-state index contributed by atoms with van der Waals surface area (Å²) in [6.07, 6.45) is 3.46. The van der Waals surface area contributed by atoms with Crippen molar-refractivity contribution in [2.45, 2.75) is 51.3 Å². The molecular formula is C10H19NO. The summed E-state index contributed by atoms with van der Waals surface area (Å²) < 4.78 is 0. The van der Waals surface area contributed by atoms with Crippen molar-refractivity contribution in [3.05, 3.63) is 0 Å². The van der Waals surface area contributed by atoms with Crippen molar-refractivity contribution < 1.29 is 5.11 Å². The number of rotatable bonds is 1. The van der Waals surface area contributed by atoms with Gasteiger partial charge in [0.15, 0.2) is 0 Å². The summed E-state index contributed by atoms with van der Waals surface area (Å²) in [6, 6.07) is 1.43. The van der Waals surface area contributed by atoms with E-state index in [0.29, 0.717) is 12.0 Å². The topological polar surface area (TPSA) is 23.5 Å². The fraction of sp³-hybridized carbons (Fsp3) is 1.00. The van der Waals surface area contributed by atoms with Crippen molar-refractivity contribution in [2.75, 3.05) is 6.54 Å². The third-order valence-electron chi connectivity index (χ3n) is 3.49. The van der Waals surface area contributed by atoms with Crippen molar-refractivity contribution in [2.24, 2.45) is 5.92 Å². The molecule has 1 heterocycles. The molecule has 2 aliphatic rings. The lowest BCUT2D eigenvalue weighted by Gasteiger charge is -2.28. The van der Waals surface area contributed by atoms with Crippen LogP contribution in [0.25, 0.3) is 0 Å². The van der Waals surface area contributed by atoms with Gasteiger partial charge in [-0.15, -0.1) is 0 Å². The van der Waals surface area contributed by atoms with Gasteiger partial charge < -0.3 is 5.11 Å². The van der Waals surface area contributed by atoms with Crippen molar-refractivity contribution in [3.8, 4) is 0 Å². The van der Waals surface area contributed by atoms with Gasteiger partial charge in [-0.1, -0.05) is 0 Å². The fourth-order valence-corrected chi connectivity index (χ4v) is 2.77. The summed E-state index contributed by atoms with van der Waals surface area (Å²) in [5, 5.41) is 9.67. The first-order valence-corrected chi connectivity index (χ1v) is 5.12. The lowest BCUT2D eigenvalue weighted by atomic mass is 9.88. The predicted molar refractivity (Wildman–Crippen MR) is 49.0 cm³/mol. The summed E-state index contributed by atoms with van der Waals surface area (Å²) in [5.74, 6) is 0.575. The van der Waals surface area contributed by atoms with E-state index >= 15 is 0 Å². The molecule has 1 saturated heterocycles. The molecule has 1 saturated carbocycles. The number of nitrogens with zero attached hydrogens (tertiary/aromatic N) is 1. The molecule has 0 amide bonds. The zero-order chi connectivity index (χ0) is 8.72. The molecule has 3 unspecified atom stereocenters.